The van der Waals surface area contributed by atoms with Gasteiger partial charge in [0.15, 0.2) is 0 Å². The predicted molar refractivity (Wildman–Crippen MR) is 104 cm³/mol. The Bertz CT molecular complexity index is 419. The molecule has 0 aromatic heterocycles. The summed E-state index contributed by atoms with van der Waals surface area (Å²) >= 11 is 0. The number of hydrogen-bond donors (Lipinski definition) is 1. The number of piperidine rings is 1. The molecule has 0 aromatic carbocycles. The molecule has 2 unspecified atom stereocenters. The second-order valence-corrected chi connectivity index (χ2v) is 10.7. The van der Waals surface area contributed by atoms with Gasteiger partial charge in [-0.05, 0) is 49.9 Å². The van der Waals surface area contributed by atoms with Crippen molar-refractivity contribution in [3.63, 3.8) is 0 Å². The zero-order chi connectivity index (χ0) is 17.5. The smallest absolute Gasteiger partial charge is 0.0893 e. The van der Waals surface area contributed by atoms with E-state index in [1.165, 1.54) is 94.4 Å². The third-order valence-electron chi connectivity index (χ3n) is 9.17. The van der Waals surface area contributed by atoms with Crippen LogP contribution < -0.4 is 24.0 Å². The van der Waals surface area contributed by atoms with Gasteiger partial charge in [0, 0.05) is 25.7 Å². The molecule has 4 aliphatic rings. The van der Waals surface area contributed by atoms with Gasteiger partial charge in [0.25, 0.3) is 0 Å². The van der Waals surface area contributed by atoms with E-state index in [0.29, 0.717) is 11.8 Å². The molecule has 2 atom stereocenters. The molecule has 2 heterocycles. The average molecular weight is 475 g/mol. The van der Waals surface area contributed by atoms with Crippen LogP contribution in [0.2, 0.25) is 0 Å². The maximum absolute atomic E-state index is 12.1. The zero-order valence-corrected chi connectivity index (χ0v) is 19.4. The third kappa shape index (κ3) is 4.01. The average Bonchev–Trinajstić information content (AvgIpc) is 2.80. The maximum atomic E-state index is 12.1. The molecule has 4 rings (SSSR count). The molecule has 2 nitrogen and oxygen atoms in total. The maximum Gasteiger partial charge on any atom is 0.0893 e. The van der Waals surface area contributed by atoms with Crippen molar-refractivity contribution in [1.82, 2.24) is 0 Å². The summed E-state index contributed by atoms with van der Waals surface area (Å²) in [5.74, 6) is 2.00. The van der Waals surface area contributed by atoms with E-state index in [-0.39, 0.29) is 29.6 Å². The van der Waals surface area contributed by atoms with E-state index in [4.69, 9.17) is 0 Å². The van der Waals surface area contributed by atoms with E-state index in [0.717, 1.165) is 24.4 Å². The van der Waals surface area contributed by atoms with Crippen molar-refractivity contribution in [1.29, 1.82) is 0 Å². The van der Waals surface area contributed by atoms with Gasteiger partial charge in [-0.15, -0.1) is 0 Å². The number of fused-ring (bicyclic) bond motifs is 2. The summed E-state index contributed by atoms with van der Waals surface area (Å²) in [6.07, 6.45) is 20.2. The fourth-order valence-corrected chi connectivity index (χ4v) is 7.49. The first-order chi connectivity index (χ1) is 12.0. The SMILES string of the molecule is C[N+]1(C)C2CCC1CC(CC(O)(C1CCCCC1)C1CCCCC1)C2.[I-]. The zero-order valence-electron chi connectivity index (χ0n) is 17.3. The van der Waals surface area contributed by atoms with Gasteiger partial charge in [-0.3, -0.25) is 0 Å². The minimum atomic E-state index is -0.334. The molecule has 0 radical (unpaired) electrons. The van der Waals surface area contributed by atoms with Crippen LogP contribution in [0.3, 0.4) is 0 Å². The summed E-state index contributed by atoms with van der Waals surface area (Å²) in [4.78, 5) is 0. The van der Waals surface area contributed by atoms with Gasteiger partial charge in [-0.1, -0.05) is 38.5 Å². The summed E-state index contributed by atoms with van der Waals surface area (Å²) in [6, 6.07) is 1.73. The highest BCUT2D eigenvalue weighted by molar-refractivity contribution is 4.98. The molecular formula is C23H42INO. The number of rotatable bonds is 4. The minimum absolute atomic E-state index is 0. The van der Waals surface area contributed by atoms with Gasteiger partial charge in [0.1, 0.15) is 0 Å². The van der Waals surface area contributed by atoms with E-state index in [1.54, 1.807) is 0 Å². The van der Waals surface area contributed by atoms with Gasteiger partial charge in [-0.25, -0.2) is 0 Å². The molecule has 2 saturated carbocycles. The van der Waals surface area contributed by atoms with Crippen LogP contribution in [-0.4, -0.2) is 41.4 Å². The minimum Gasteiger partial charge on any atom is -1.00 e. The summed E-state index contributed by atoms with van der Waals surface area (Å²) in [5.41, 5.74) is -0.334. The second-order valence-electron chi connectivity index (χ2n) is 10.7. The molecule has 1 N–H and O–H groups in total. The van der Waals surface area contributed by atoms with E-state index in [2.05, 4.69) is 14.1 Å². The van der Waals surface area contributed by atoms with Crippen molar-refractivity contribution in [2.45, 2.75) is 114 Å². The van der Waals surface area contributed by atoms with Crippen molar-refractivity contribution < 1.29 is 33.6 Å². The Balaban J connectivity index is 0.00000196. The Morgan fingerprint density at radius 2 is 1.15 bits per heavy atom. The summed E-state index contributed by atoms with van der Waals surface area (Å²) in [6.45, 7) is 0. The molecule has 2 aliphatic heterocycles. The van der Waals surface area contributed by atoms with Crippen LogP contribution in [0.4, 0.5) is 0 Å². The van der Waals surface area contributed by atoms with E-state index in [1.807, 2.05) is 0 Å². The van der Waals surface area contributed by atoms with Crippen LogP contribution in [0, 0.1) is 17.8 Å². The number of quaternary nitrogens is 1. The lowest BCUT2D eigenvalue weighted by molar-refractivity contribution is -0.931. The van der Waals surface area contributed by atoms with Crippen molar-refractivity contribution in [2.24, 2.45) is 17.8 Å². The highest BCUT2D eigenvalue weighted by Crippen LogP contribution is 2.50. The summed E-state index contributed by atoms with van der Waals surface area (Å²) in [5, 5.41) is 12.1. The normalized spacial score (nSPS) is 35.9. The van der Waals surface area contributed by atoms with Crippen LogP contribution in [-0.2, 0) is 0 Å². The largest absolute Gasteiger partial charge is 1.00 e. The van der Waals surface area contributed by atoms with E-state index >= 15 is 0 Å². The Hall–Kier alpha value is 0.650. The number of aliphatic hydroxyl groups is 1. The molecule has 26 heavy (non-hydrogen) atoms. The monoisotopic (exact) mass is 475 g/mol. The van der Waals surface area contributed by atoms with Gasteiger partial charge in [-0.2, -0.15) is 0 Å². The van der Waals surface area contributed by atoms with Gasteiger partial charge in [0.2, 0.25) is 0 Å². The Morgan fingerprint density at radius 1 is 0.731 bits per heavy atom. The van der Waals surface area contributed by atoms with Crippen molar-refractivity contribution in [2.75, 3.05) is 14.1 Å². The highest BCUT2D eigenvalue weighted by Gasteiger charge is 2.52. The first-order valence-electron chi connectivity index (χ1n) is 11.6. The Kier molecular flexibility index (Phi) is 7.04. The molecule has 3 heteroatoms. The van der Waals surface area contributed by atoms with Crippen LogP contribution in [0.1, 0.15) is 96.3 Å². The highest BCUT2D eigenvalue weighted by atomic mass is 127. The summed E-state index contributed by atoms with van der Waals surface area (Å²) < 4.78 is 1.27. The molecule has 0 aromatic rings. The molecular weight excluding hydrogens is 433 g/mol. The van der Waals surface area contributed by atoms with Crippen LogP contribution in [0.5, 0.6) is 0 Å². The molecule has 0 amide bonds. The topological polar surface area (TPSA) is 20.2 Å². The lowest BCUT2D eigenvalue weighted by Crippen LogP contribution is -3.00. The van der Waals surface area contributed by atoms with Gasteiger partial charge >= 0.3 is 0 Å². The van der Waals surface area contributed by atoms with Crippen LogP contribution >= 0.6 is 0 Å². The standard InChI is InChI=1S/C23H42NO.HI/c1-24(2)21-13-14-22(24)16-18(15-21)17-23(25,19-9-5-3-6-10-19)20-11-7-4-8-12-20;/h18-22,25H,3-17H2,1-2H3;1H/q+1;/p-1. The van der Waals surface area contributed by atoms with Crippen molar-refractivity contribution >= 4 is 0 Å². The molecule has 152 valence electrons. The quantitative estimate of drug-likeness (QED) is 0.489. The van der Waals surface area contributed by atoms with Crippen LogP contribution in [0.15, 0.2) is 0 Å². The Labute approximate surface area is 179 Å². The van der Waals surface area contributed by atoms with Crippen LogP contribution in [0.25, 0.3) is 0 Å². The second kappa shape index (κ2) is 8.57. The van der Waals surface area contributed by atoms with E-state index in [9.17, 15) is 5.11 Å². The first kappa shape index (κ1) is 21.4. The molecule has 4 fully saturated rings. The number of halogens is 1. The van der Waals surface area contributed by atoms with Crippen molar-refractivity contribution in [3.8, 4) is 0 Å². The molecule has 2 aliphatic carbocycles. The predicted octanol–water partition coefficient (Wildman–Crippen LogP) is 2.29. The molecule has 0 spiro atoms. The third-order valence-corrected chi connectivity index (χ3v) is 9.17. The van der Waals surface area contributed by atoms with E-state index < -0.39 is 0 Å². The summed E-state index contributed by atoms with van der Waals surface area (Å²) in [7, 11) is 4.93. The number of hydrogen-bond acceptors (Lipinski definition) is 1. The Morgan fingerprint density at radius 3 is 1.58 bits per heavy atom. The van der Waals surface area contributed by atoms with Gasteiger partial charge < -0.3 is 33.6 Å². The van der Waals surface area contributed by atoms with Gasteiger partial charge in [0.05, 0.1) is 31.8 Å². The number of nitrogens with zero attached hydrogens (tertiary/aromatic N) is 1. The fraction of sp³-hybridized carbons (Fsp3) is 1.00. The lowest BCUT2D eigenvalue weighted by Gasteiger charge is -2.50. The first-order valence-corrected chi connectivity index (χ1v) is 11.6. The lowest BCUT2D eigenvalue weighted by atomic mass is 9.62. The molecule has 2 saturated heterocycles. The fourth-order valence-electron chi connectivity index (χ4n) is 7.49. The van der Waals surface area contributed by atoms with Crippen molar-refractivity contribution in [3.05, 3.63) is 0 Å². The molecule has 2 bridgehead atoms.